The molecule has 1 aromatic heterocycles. The fraction of sp³-hybridized carbons (Fsp3) is 0.0137. The van der Waals surface area contributed by atoms with Crippen LogP contribution in [0.25, 0.3) is 94.3 Å². The number of nitrogens with zero attached hydrogens (tertiary/aromatic N) is 2. The van der Waals surface area contributed by atoms with E-state index in [0.29, 0.717) is 0 Å². The van der Waals surface area contributed by atoms with Gasteiger partial charge in [-0.2, -0.15) is 0 Å². The molecule has 0 saturated heterocycles. The summed E-state index contributed by atoms with van der Waals surface area (Å²) >= 11 is 0. The number of rotatable bonds is 8. The summed E-state index contributed by atoms with van der Waals surface area (Å²) in [5, 5.41) is 2.44. The average Bonchev–Trinajstić information content (AvgIpc) is 4.10. The van der Waals surface area contributed by atoms with Gasteiger partial charge in [-0.3, -0.25) is 0 Å². The van der Waals surface area contributed by atoms with Crippen LogP contribution < -0.4 is 4.90 Å². The molecule has 0 fully saturated rings. The first-order valence-corrected chi connectivity index (χ1v) is 26.0. The van der Waals surface area contributed by atoms with E-state index in [2.05, 4.69) is 301 Å². The summed E-state index contributed by atoms with van der Waals surface area (Å²) in [6, 6.07) is 108. The Morgan fingerprint density at radius 2 is 0.680 bits per heavy atom. The summed E-state index contributed by atoms with van der Waals surface area (Å²) < 4.78 is 2.45. The van der Waals surface area contributed by atoms with Crippen LogP contribution in [0.1, 0.15) is 22.3 Å². The maximum atomic E-state index is 2.49. The standard InChI is InChI=1S/C73H48N2/c1-4-19-49(20-5-1)52-35-38-57(39-36-52)74(59-40-41-64-63-29-12-16-33-69(63)73(70(64)48-59)67-31-14-10-27-61(67)62-28-11-15-32-68(62)73)58-26-18-25-53(44-58)54-37-42-72-66(47-54)65-30-13-17-34-71(65)75(72)60-45-55(50-21-6-2-7-22-50)43-56(46-60)51-23-8-3-9-24-51/h1-48H. The molecule has 75 heavy (non-hydrogen) atoms. The Balaban J connectivity index is 0.895. The van der Waals surface area contributed by atoms with Gasteiger partial charge in [-0.25, -0.2) is 0 Å². The molecule has 2 aliphatic rings. The minimum Gasteiger partial charge on any atom is -0.310 e. The third kappa shape index (κ3) is 6.73. The lowest BCUT2D eigenvalue weighted by molar-refractivity contribution is 0.793. The zero-order chi connectivity index (χ0) is 49.5. The fourth-order valence-corrected chi connectivity index (χ4v) is 12.7. The minimum absolute atomic E-state index is 0.458. The lowest BCUT2D eigenvalue weighted by Crippen LogP contribution is -2.26. The van der Waals surface area contributed by atoms with Gasteiger partial charge in [0, 0.05) is 33.5 Å². The predicted octanol–water partition coefficient (Wildman–Crippen LogP) is 19.3. The molecular weight excluding hydrogens is 905 g/mol. The second-order valence-electron chi connectivity index (χ2n) is 20.0. The van der Waals surface area contributed by atoms with Crippen molar-refractivity contribution in [3.8, 4) is 72.4 Å². The van der Waals surface area contributed by atoms with Gasteiger partial charge >= 0.3 is 0 Å². The highest BCUT2D eigenvalue weighted by atomic mass is 15.1. The average molecular weight is 953 g/mol. The van der Waals surface area contributed by atoms with Gasteiger partial charge in [-0.1, -0.05) is 218 Å². The minimum atomic E-state index is -0.458. The molecule has 2 heteroatoms. The predicted molar refractivity (Wildman–Crippen MR) is 314 cm³/mol. The molecule has 13 aromatic rings. The Bertz CT molecular complexity index is 4220. The van der Waals surface area contributed by atoms with Crippen LogP contribution in [0.15, 0.2) is 291 Å². The molecule has 0 bridgehead atoms. The second-order valence-corrected chi connectivity index (χ2v) is 20.0. The maximum Gasteiger partial charge on any atom is 0.0726 e. The quantitative estimate of drug-likeness (QED) is 0.147. The first-order chi connectivity index (χ1) is 37.2. The fourth-order valence-electron chi connectivity index (χ4n) is 12.7. The molecule has 0 saturated carbocycles. The van der Waals surface area contributed by atoms with Crippen molar-refractivity contribution in [2.24, 2.45) is 0 Å². The number of benzene rings is 12. The maximum absolute atomic E-state index is 2.49. The van der Waals surface area contributed by atoms with E-state index in [-0.39, 0.29) is 0 Å². The first-order valence-electron chi connectivity index (χ1n) is 26.0. The summed E-state index contributed by atoms with van der Waals surface area (Å²) in [5.41, 5.74) is 26.3. The molecule has 350 valence electrons. The molecule has 0 amide bonds. The SMILES string of the molecule is c1ccc(-c2ccc(N(c3cccc(-c4ccc5c(c4)c4ccccc4n5-c4cc(-c5ccccc5)cc(-c5ccccc5)c4)c3)c3ccc4c(c3)C3(c5ccccc5-c5ccccc53)c3ccccc3-4)cc2)cc1. The highest BCUT2D eigenvalue weighted by molar-refractivity contribution is 6.11. The number of para-hydroxylation sites is 1. The van der Waals surface area contributed by atoms with Crippen LogP contribution in [0.5, 0.6) is 0 Å². The topological polar surface area (TPSA) is 8.17 Å². The van der Waals surface area contributed by atoms with Gasteiger partial charge in [0.1, 0.15) is 0 Å². The highest BCUT2D eigenvalue weighted by Gasteiger charge is 2.51. The monoisotopic (exact) mass is 952 g/mol. The van der Waals surface area contributed by atoms with Crippen LogP contribution in [0.2, 0.25) is 0 Å². The van der Waals surface area contributed by atoms with E-state index in [1.807, 2.05) is 0 Å². The van der Waals surface area contributed by atoms with Gasteiger partial charge in [0.25, 0.3) is 0 Å². The van der Waals surface area contributed by atoms with Gasteiger partial charge in [0.2, 0.25) is 0 Å². The molecular formula is C73H48N2. The van der Waals surface area contributed by atoms with Crippen LogP contribution in [0.4, 0.5) is 17.1 Å². The Morgan fingerprint density at radius 3 is 1.29 bits per heavy atom. The van der Waals surface area contributed by atoms with E-state index >= 15 is 0 Å². The molecule has 15 rings (SSSR count). The molecule has 0 radical (unpaired) electrons. The molecule has 2 aliphatic carbocycles. The normalized spacial score (nSPS) is 12.6. The van der Waals surface area contributed by atoms with Crippen LogP contribution in [0, 0.1) is 0 Å². The van der Waals surface area contributed by atoms with Crippen molar-refractivity contribution in [3.05, 3.63) is 313 Å². The summed E-state index contributed by atoms with van der Waals surface area (Å²) in [6.07, 6.45) is 0. The van der Waals surface area contributed by atoms with E-state index in [0.717, 1.165) is 33.9 Å². The number of fused-ring (bicyclic) bond motifs is 13. The van der Waals surface area contributed by atoms with Crippen molar-refractivity contribution in [2.75, 3.05) is 4.90 Å². The van der Waals surface area contributed by atoms with E-state index in [9.17, 15) is 0 Å². The third-order valence-electron chi connectivity index (χ3n) is 16.0. The molecule has 0 aliphatic heterocycles. The van der Waals surface area contributed by atoms with Crippen LogP contribution in [-0.2, 0) is 5.41 Å². The van der Waals surface area contributed by atoms with Crippen LogP contribution >= 0.6 is 0 Å². The largest absolute Gasteiger partial charge is 0.310 e. The highest BCUT2D eigenvalue weighted by Crippen LogP contribution is 2.63. The van der Waals surface area contributed by atoms with E-state index in [1.165, 1.54) is 99.7 Å². The van der Waals surface area contributed by atoms with E-state index < -0.39 is 5.41 Å². The van der Waals surface area contributed by atoms with Gasteiger partial charge in [0.15, 0.2) is 0 Å². The van der Waals surface area contributed by atoms with Gasteiger partial charge < -0.3 is 9.47 Å². The van der Waals surface area contributed by atoms with Gasteiger partial charge in [0.05, 0.1) is 16.4 Å². The van der Waals surface area contributed by atoms with Crippen molar-refractivity contribution in [3.63, 3.8) is 0 Å². The molecule has 1 spiro atoms. The molecule has 12 aromatic carbocycles. The van der Waals surface area contributed by atoms with Crippen LogP contribution in [0.3, 0.4) is 0 Å². The lowest BCUT2D eigenvalue weighted by Gasteiger charge is -2.32. The third-order valence-corrected chi connectivity index (χ3v) is 16.0. The smallest absolute Gasteiger partial charge is 0.0726 e. The molecule has 0 unspecified atom stereocenters. The Morgan fingerprint density at radius 1 is 0.240 bits per heavy atom. The summed E-state index contributed by atoms with van der Waals surface area (Å²) in [5.74, 6) is 0. The molecule has 1 heterocycles. The molecule has 0 N–H and O–H groups in total. The van der Waals surface area contributed by atoms with Crippen molar-refractivity contribution in [2.45, 2.75) is 5.41 Å². The Hall–Kier alpha value is -9.76. The second kappa shape index (κ2) is 17.2. The van der Waals surface area contributed by atoms with Crippen molar-refractivity contribution in [1.82, 2.24) is 4.57 Å². The van der Waals surface area contributed by atoms with Gasteiger partial charge in [-0.05, 0) is 162 Å². The zero-order valence-corrected chi connectivity index (χ0v) is 41.1. The molecule has 2 nitrogen and oxygen atoms in total. The Labute approximate surface area is 437 Å². The van der Waals surface area contributed by atoms with Crippen molar-refractivity contribution >= 4 is 38.9 Å². The van der Waals surface area contributed by atoms with Gasteiger partial charge in [-0.15, -0.1) is 0 Å². The summed E-state index contributed by atoms with van der Waals surface area (Å²) in [7, 11) is 0. The summed E-state index contributed by atoms with van der Waals surface area (Å²) in [6.45, 7) is 0. The zero-order valence-electron chi connectivity index (χ0n) is 41.1. The number of hydrogen-bond donors (Lipinski definition) is 0. The number of aromatic nitrogens is 1. The van der Waals surface area contributed by atoms with E-state index in [1.54, 1.807) is 0 Å². The Kier molecular flexibility index (Phi) is 9.83. The van der Waals surface area contributed by atoms with Crippen molar-refractivity contribution in [1.29, 1.82) is 0 Å². The number of hydrogen-bond acceptors (Lipinski definition) is 1. The lowest BCUT2D eigenvalue weighted by atomic mass is 9.70. The van der Waals surface area contributed by atoms with Crippen LogP contribution in [-0.4, -0.2) is 4.57 Å². The molecule has 0 atom stereocenters. The summed E-state index contributed by atoms with van der Waals surface area (Å²) in [4.78, 5) is 2.45. The first kappa shape index (κ1) is 42.9. The number of anilines is 3. The van der Waals surface area contributed by atoms with E-state index in [4.69, 9.17) is 0 Å². The van der Waals surface area contributed by atoms with Crippen molar-refractivity contribution < 1.29 is 0 Å².